The molecule has 1 aromatic heterocycles. The molecule has 0 saturated heterocycles. The number of aromatic carboxylic acids is 1. The van der Waals surface area contributed by atoms with E-state index in [1.165, 1.54) is 18.3 Å². The number of hydrogen-bond donors (Lipinski definition) is 1. The van der Waals surface area contributed by atoms with Gasteiger partial charge in [0, 0.05) is 5.56 Å². The molecule has 0 spiro atoms. The van der Waals surface area contributed by atoms with Gasteiger partial charge in [0.2, 0.25) is 0 Å². The van der Waals surface area contributed by atoms with Crippen LogP contribution in [0.1, 0.15) is 15.2 Å². The molecule has 1 aromatic carbocycles. The molecule has 0 amide bonds. The van der Waals surface area contributed by atoms with Crippen LogP contribution in [0.25, 0.3) is 10.6 Å². The maximum Gasteiger partial charge on any atom is 0.347 e. The van der Waals surface area contributed by atoms with E-state index in [1.807, 2.05) is 6.92 Å². The quantitative estimate of drug-likeness (QED) is 0.873. The summed E-state index contributed by atoms with van der Waals surface area (Å²) < 4.78 is 13.1. The molecule has 0 saturated carbocycles. The summed E-state index contributed by atoms with van der Waals surface area (Å²) in [5, 5.41) is 9.29. The summed E-state index contributed by atoms with van der Waals surface area (Å²) in [4.78, 5) is 14.8. The van der Waals surface area contributed by atoms with Gasteiger partial charge in [0.05, 0.1) is 6.20 Å². The highest BCUT2D eigenvalue weighted by molar-refractivity contribution is 7.16. The van der Waals surface area contributed by atoms with Crippen LogP contribution < -0.4 is 0 Å². The lowest BCUT2D eigenvalue weighted by molar-refractivity contribution is 0.0702. The van der Waals surface area contributed by atoms with Crippen LogP contribution in [0.5, 0.6) is 0 Å². The summed E-state index contributed by atoms with van der Waals surface area (Å²) >= 11 is 1.04. The predicted molar refractivity (Wildman–Crippen MR) is 59.2 cm³/mol. The Labute approximate surface area is 95.2 Å². The van der Waals surface area contributed by atoms with Gasteiger partial charge in [-0.15, -0.1) is 11.3 Å². The van der Waals surface area contributed by atoms with Crippen molar-refractivity contribution >= 4 is 17.3 Å². The fourth-order valence-corrected chi connectivity index (χ4v) is 2.16. The van der Waals surface area contributed by atoms with Crippen molar-refractivity contribution < 1.29 is 14.3 Å². The smallest absolute Gasteiger partial charge is 0.347 e. The molecule has 0 aliphatic heterocycles. The van der Waals surface area contributed by atoms with Crippen LogP contribution in [0.3, 0.4) is 0 Å². The molecule has 0 atom stereocenters. The highest BCUT2D eigenvalue weighted by atomic mass is 32.1. The predicted octanol–water partition coefficient (Wildman–Crippen LogP) is 2.96. The van der Waals surface area contributed by atoms with Crippen LogP contribution in [0.2, 0.25) is 0 Å². The van der Waals surface area contributed by atoms with Crippen molar-refractivity contribution in [1.82, 2.24) is 4.98 Å². The Bertz CT molecular complexity index is 551. The molecule has 0 unspecified atom stereocenters. The van der Waals surface area contributed by atoms with Crippen molar-refractivity contribution in [2.75, 3.05) is 0 Å². The first kappa shape index (κ1) is 10.8. The molecule has 2 aromatic rings. The van der Waals surface area contributed by atoms with E-state index in [0.717, 1.165) is 16.9 Å². The molecular formula is C11H8FNO2S. The number of hydrogen-bond acceptors (Lipinski definition) is 3. The lowest BCUT2D eigenvalue weighted by atomic mass is 10.1. The topological polar surface area (TPSA) is 50.2 Å². The van der Waals surface area contributed by atoms with Crippen LogP contribution in [0.4, 0.5) is 4.39 Å². The Morgan fingerprint density at radius 1 is 1.50 bits per heavy atom. The first-order chi connectivity index (χ1) is 7.58. The standard InChI is InChI=1S/C11H8FNO2S/c1-6-2-3-7(12)4-8(6)10-13-5-9(16-10)11(14)15/h2-5H,1H3,(H,14,15). The zero-order valence-corrected chi connectivity index (χ0v) is 9.21. The third-order valence-corrected chi connectivity index (χ3v) is 3.17. The second kappa shape index (κ2) is 4.02. The molecule has 0 radical (unpaired) electrons. The van der Waals surface area contributed by atoms with Crippen LogP contribution in [-0.2, 0) is 0 Å². The van der Waals surface area contributed by atoms with Gasteiger partial charge in [0.25, 0.3) is 0 Å². The highest BCUT2D eigenvalue weighted by Crippen LogP contribution is 2.28. The van der Waals surface area contributed by atoms with Crippen molar-refractivity contribution in [1.29, 1.82) is 0 Å². The number of halogens is 1. The highest BCUT2D eigenvalue weighted by Gasteiger charge is 2.12. The van der Waals surface area contributed by atoms with Crippen molar-refractivity contribution in [2.24, 2.45) is 0 Å². The van der Waals surface area contributed by atoms with E-state index in [1.54, 1.807) is 6.07 Å². The second-order valence-electron chi connectivity index (χ2n) is 3.29. The van der Waals surface area contributed by atoms with Gasteiger partial charge in [-0.2, -0.15) is 0 Å². The normalized spacial score (nSPS) is 10.4. The molecule has 3 nitrogen and oxygen atoms in total. The van der Waals surface area contributed by atoms with Crippen molar-refractivity contribution in [3.8, 4) is 10.6 Å². The summed E-state index contributed by atoms with van der Waals surface area (Å²) in [6.07, 6.45) is 1.28. The Morgan fingerprint density at radius 2 is 2.25 bits per heavy atom. The molecular weight excluding hydrogens is 229 g/mol. The van der Waals surface area contributed by atoms with Crippen molar-refractivity contribution in [2.45, 2.75) is 6.92 Å². The van der Waals surface area contributed by atoms with E-state index in [9.17, 15) is 9.18 Å². The molecule has 1 N–H and O–H groups in total. The summed E-state index contributed by atoms with van der Waals surface area (Å²) in [5.74, 6) is -1.37. The molecule has 2 rings (SSSR count). The van der Waals surface area contributed by atoms with Crippen LogP contribution in [0.15, 0.2) is 24.4 Å². The maximum absolute atomic E-state index is 13.1. The van der Waals surface area contributed by atoms with E-state index in [0.29, 0.717) is 10.6 Å². The summed E-state index contributed by atoms with van der Waals surface area (Å²) in [6, 6.07) is 4.37. The number of carboxylic acid groups (broad SMARTS) is 1. The number of benzene rings is 1. The van der Waals surface area contributed by atoms with E-state index in [-0.39, 0.29) is 10.7 Å². The molecule has 1 heterocycles. The monoisotopic (exact) mass is 237 g/mol. The molecule has 0 bridgehead atoms. The molecule has 82 valence electrons. The minimum absolute atomic E-state index is 0.152. The zero-order valence-electron chi connectivity index (χ0n) is 8.40. The van der Waals surface area contributed by atoms with Gasteiger partial charge in [0.1, 0.15) is 15.7 Å². The average molecular weight is 237 g/mol. The van der Waals surface area contributed by atoms with Gasteiger partial charge < -0.3 is 5.11 Å². The number of carboxylic acids is 1. The minimum Gasteiger partial charge on any atom is -0.477 e. The lowest BCUT2D eigenvalue weighted by Crippen LogP contribution is -1.89. The Hall–Kier alpha value is -1.75. The van der Waals surface area contributed by atoms with Crippen molar-refractivity contribution in [3.05, 3.63) is 40.7 Å². The van der Waals surface area contributed by atoms with E-state index >= 15 is 0 Å². The van der Waals surface area contributed by atoms with Crippen molar-refractivity contribution in [3.63, 3.8) is 0 Å². The van der Waals surface area contributed by atoms with Gasteiger partial charge in [-0.05, 0) is 24.6 Å². The third-order valence-electron chi connectivity index (χ3n) is 2.15. The summed E-state index contributed by atoms with van der Waals surface area (Å²) in [5.41, 5.74) is 1.50. The summed E-state index contributed by atoms with van der Waals surface area (Å²) in [6.45, 7) is 1.83. The number of nitrogens with zero attached hydrogens (tertiary/aromatic N) is 1. The molecule has 0 aliphatic rings. The van der Waals surface area contributed by atoms with E-state index in [4.69, 9.17) is 5.11 Å². The van der Waals surface area contributed by atoms with Crippen LogP contribution in [0, 0.1) is 12.7 Å². The lowest BCUT2D eigenvalue weighted by Gasteiger charge is -2.01. The Kier molecular flexibility index (Phi) is 2.70. The van der Waals surface area contributed by atoms with Gasteiger partial charge in [-0.25, -0.2) is 14.2 Å². The Morgan fingerprint density at radius 3 is 2.88 bits per heavy atom. The third kappa shape index (κ3) is 1.94. The van der Waals surface area contributed by atoms with E-state index < -0.39 is 5.97 Å². The summed E-state index contributed by atoms with van der Waals surface area (Å²) in [7, 11) is 0. The number of rotatable bonds is 2. The first-order valence-corrected chi connectivity index (χ1v) is 5.35. The molecule has 5 heteroatoms. The maximum atomic E-state index is 13.1. The second-order valence-corrected chi connectivity index (χ2v) is 4.32. The molecule has 0 fully saturated rings. The SMILES string of the molecule is Cc1ccc(F)cc1-c1ncc(C(=O)O)s1. The number of aromatic nitrogens is 1. The largest absolute Gasteiger partial charge is 0.477 e. The van der Waals surface area contributed by atoms with Gasteiger partial charge in [-0.3, -0.25) is 0 Å². The zero-order chi connectivity index (χ0) is 11.7. The van der Waals surface area contributed by atoms with Crippen LogP contribution in [-0.4, -0.2) is 16.1 Å². The van der Waals surface area contributed by atoms with Gasteiger partial charge in [0.15, 0.2) is 0 Å². The first-order valence-electron chi connectivity index (χ1n) is 4.53. The van der Waals surface area contributed by atoms with Crippen LogP contribution >= 0.6 is 11.3 Å². The minimum atomic E-state index is -1.02. The fraction of sp³-hybridized carbons (Fsp3) is 0.0909. The van der Waals surface area contributed by atoms with Gasteiger partial charge in [-0.1, -0.05) is 6.07 Å². The molecule has 0 aliphatic carbocycles. The number of carbonyl (C=O) groups is 1. The number of thiazole rings is 1. The molecule has 16 heavy (non-hydrogen) atoms. The van der Waals surface area contributed by atoms with Gasteiger partial charge >= 0.3 is 5.97 Å². The number of aryl methyl sites for hydroxylation is 1. The van der Waals surface area contributed by atoms with E-state index in [2.05, 4.69) is 4.98 Å². The fourth-order valence-electron chi connectivity index (χ4n) is 1.32. The average Bonchev–Trinajstić information content (AvgIpc) is 2.70. The Balaban J connectivity index is 2.50.